The van der Waals surface area contributed by atoms with Crippen LogP contribution in [0.4, 0.5) is 5.69 Å². The SMILES string of the molecule is COc1ccc(C(Cc2ccccc2)NCC(O)c2ccc(O)c(NS(C)(=O)=O)c2)cc1C. The van der Waals surface area contributed by atoms with Crippen molar-refractivity contribution in [2.45, 2.75) is 25.5 Å². The maximum absolute atomic E-state index is 11.5. The van der Waals surface area contributed by atoms with Crippen LogP contribution < -0.4 is 14.8 Å². The van der Waals surface area contributed by atoms with Crippen LogP contribution in [-0.4, -0.2) is 38.5 Å². The second-order valence-corrected chi connectivity index (χ2v) is 9.79. The number of phenolic OH excluding ortho intramolecular Hbond substituents is 1. The van der Waals surface area contributed by atoms with Crippen molar-refractivity contribution in [3.8, 4) is 11.5 Å². The molecule has 0 heterocycles. The fraction of sp³-hybridized carbons (Fsp3) is 0.280. The molecule has 0 bridgehead atoms. The second-order valence-electron chi connectivity index (χ2n) is 8.05. The van der Waals surface area contributed by atoms with Gasteiger partial charge in [-0.3, -0.25) is 4.72 Å². The van der Waals surface area contributed by atoms with Crippen LogP contribution in [0.15, 0.2) is 66.7 Å². The molecule has 3 aromatic carbocycles. The highest BCUT2D eigenvalue weighted by molar-refractivity contribution is 7.92. The zero-order valence-corrected chi connectivity index (χ0v) is 19.8. The summed E-state index contributed by atoms with van der Waals surface area (Å²) in [5.74, 6) is 0.604. The molecule has 0 saturated heterocycles. The predicted molar refractivity (Wildman–Crippen MR) is 130 cm³/mol. The number of hydrogen-bond donors (Lipinski definition) is 4. The maximum atomic E-state index is 11.5. The molecule has 4 N–H and O–H groups in total. The van der Waals surface area contributed by atoms with Crippen LogP contribution in [0.25, 0.3) is 0 Å². The van der Waals surface area contributed by atoms with E-state index >= 15 is 0 Å². The zero-order valence-electron chi connectivity index (χ0n) is 18.9. The highest BCUT2D eigenvalue weighted by Crippen LogP contribution is 2.29. The number of ether oxygens (including phenoxy) is 1. The fourth-order valence-corrected chi connectivity index (χ4v) is 4.25. The molecule has 8 heteroatoms. The molecule has 0 radical (unpaired) electrons. The summed E-state index contributed by atoms with van der Waals surface area (Å²) in [6, 6.07) is 20.4. The normalized spacial score (nSPS) is 13.3. The smallest absolute Gasteiger partial charge is 0.229 e. The lowest BCUT2D eigenvalue weighted by molar-refractivity contribution is 0.169. The summed E-state index contributed by atoms with van der Waals surface area (Å²) in [4.78, 5) is 0. The van der Waals surface area contributed by atoms with Crippen molar-refractivity contribution in [3.05, 3.63) is 89.0 Å². The zero-order chi connectivity index (χ0) is 24.0. The Balaban J connectivity index is 1.80. The molecule has 3 aromatic rings. The van der Waals surface area contributed by atoms with Crippen molar-refractivity contribution >= 4 is 15.7 Å². The van der Waals surface area contributed by atoms with Crippen molar-refractivity contribution in [1.82, 2.24) is 5.32 Å². The van der Waals surface area contributed by atoms with Gasteiger partial charge in [0.15, 0.2) is 0 Å². The van der Waals surface area contributed by atoms with Crippen LogP contribution >= 0.6 is 0 Å². The van der Waals surface area contributed by atoms with E-state index in [1.165, 1.54) is 12.1 Å². The Bertz CT molecular complexity index is 1180. The number of aliphatic hydroxyl groups excluding tert-OH is 1. The number of methoxy groups -OCH3 is 1. The Morgan fingerprint density at radius 2 is 1.70 bits per heavy atom. The van der Waals surface area contributed by atoms with Crippen molar-refractivity contribution in [2.75, 3.05) is 24.6 Å². The number of hydrogen-bond acceptors (Lipinski definition) is 6. The van der Waals surface area contributed by atoms with E-state index in [4.69, 9.17) is 4.74 Å². The third-order valence-electron chi connectivity index (χ3n) is 5.36. The molecule has 0 fully saturated rings. The minimum Gasteiger partial charge on any atom is -0.506 e. The third kappa shape index (κ3) is 6.95. The van der Waals surface area contributed by atoms with E-state index in [0.717, 1.165) is 35.1 Å². The number of aromatic hydroxyl groups is 1. The largest absolute Gasteiger partial charge is 0.506 e. The molecule has 2 atom stereocenters. The highest BCUT2D eigenvalue weighted by atomic mass is 32.2. The molecular weight excluding hydrogens is 440 g/mol. The van der Waals surface area contributed by atoms with E-state index < -0.39 is 16.1 Å². The van der Waals surface area contributed by atoms with Crippen molar-refractivity contribution < 1.29 is 23.4 Å². The van der Waals surface area contributed by atoms with Gasteiger partial charge in [-0.25, -0.2) is 8.42 Å². The standard InChI is InChI=1S/C25H30N2O5S/c1-17-13-19(10-12-25(17)32-2)21(14-18-7-5-4-6-8-18)26-16-24(29)20-9-11-23(28)22(15-20)27-33(3,30)31/h4-13,15,21,24,26-29H,14,16H2,1-3H3. The van der Waals surface area contributed by atoms with Crippen LogP contribution in [0, 0.1) is 6.92 Å². The number of anilines is 1. The van der Waals surface area contributed by atoms with Gasteiger partial charge in [-0.05, 0) is 53.8 Å². The van der Waals surface area contributed by atoms with Gasteiger partial charge in [0.2, 0.25) is 10.0 Å². The molecule has 176 valence electrons. The predicted octanol–water partition coefficient (Wildman–Crippen LogP) is 3.69. The highest BCUT2D eigenvalue weighted by Gasteiger charge is 2.18. The van der Waals surface area contributed by atoms with E-state index in [1.54, 1.807) is 13.2 Å². The van der Waals surface area contributed by atoms with Crippen molar-refractivity contribution in [1.29, 1.82) is 0 Å². The summed E-state index contributed by atoms with van der Waals surface area (Å²) in [5.41, 5.74) is 3.75. The van der Waals surface area contributed by atoms with Gasteiger partial charge in [0.25, 0.3) is 0 Å². The number of nitrogens with one attached hydrogen (secondary N) is 2. The molecule has 0 aromatic heterocycles. The Kier molecular flexibility index (Phi) is 7.97. The lowest BCUT2D eigenvalue weighted by Crippen LogP contribution is -2.28. The first-order chi connectivity index (χ1) is 15.7. The van der Waals surface area contributed by atoms with Gasteiger partial charge in [-0.2, -0.15) is 0 Å². The van der Waals surface area contributed by atoms with E-state index in [9.17, 15) is 18.6 Å². The average molecular weight is 471 g/mol. The molecular formula is C25H30N2O5S. The second kappa shape index (κ2) is 10.7. The van der Waals surface area contributed by atoms with Gasteiger partial charge in [0.05, 0.1) is 25.2 Å². The van der Waals surface area contributed by atoms with E-state index in [-0.39, 0.29) is 24.0 Å². The first-order valence-corrected chi connectivity index (χ1v) is 12.5. The molecule has 0 amide bonds. The fourth-order valence-electron chi connectivity index (χ4n) is 3.69. The maximum Gasteiger partial charge on any atom is 0.229 e. The molecule has 0 aliphatic heterocycles. The lowest BCUT2D eigenvalue weighted by atomic mass is 9.96. The Labute approximate surface area is 195 Å². The molecule has 2 unspecified atom stereocenters. The van der Waals surface area contributed by atoms with Crippen LogP contribution in [0.1, 0.15) is 34.4 Å². The topological polar surface area (TPSA) is 108 Å². The van der Waals surface area contributed by atoms with Gasteiger partial charge in [0.1, 0.15) is 11.5 Å². The number of aliphatic hydroxyl groups is 1. The minimum absolute atomic E-state index is 0.0284. The van der Waals surface area contributed by atoms with Gasteiger partial charge in [-0.15, -0.1) is 0 Å². The first kappa shape index (κ1) is 24.6. The van der Waals surface area contributed by atoms with Crippen LogP contribution in [0.5, 0.6) is 11.5 Å². The van der Waals surface area contributed by atoms with Crippen LogP contribution in [0.3, 0.4) is 0 Å². The summed E-state index contributed by atoms with van der Waals surface area (Å²) in [5, 5.41) is 24.2. The van der Waals surface area contributed by atoms with Gasteiger partial charge < -0.3 is 20.3 Å². The average Bonchev–Trinajstić information content (AvgIpc) is 2.77. The van der Waals surface area contributed by atoms with E-state index in [2.05, 4.69) is 28.2 Å². The van der Waals surface area contributed by atoms with E-state index in [1.807, 2.05) is 37.3 Å². The quantitative estimate of drug-likeness (QED) is 0.337. The van der Waals surface area contributed by atoms with Gasteiger partial charge in [-0.1, -0.05) is 48.5 Å². The summed E-state index contributed by atoms with van der Waals surface area (Å²) >= 11 is 0. The Morgan fingerprint density at radius 1 is 1.00 bits per heavy atom. The lowest BCUT2D eigenvalue weighted by Gasteiger charge is -2.23. The van der Waals surface area contributed by atoms with E-state index in [0.29, 0.717) is 5.56 Å². The van der Waals surface area contributed by atoms with Crippen LogP contribution in [-0.2, 0) is 16.4 Å². The molecule has 0 spiro atoms. The Morgan fingerprint density at radius 3 is 2.33 bits per heavy atom. The Hall–Kier alpha value is -3.07. The monoisotopic (exact) mass is 470 g/mol. The number of aryl methyl sites for hydroxylation is 1. The first-order valence-electron chi connectivity index (χ1n) is 10.6. The molecule has 7 nitrogen and oxygen atoms in total. The summed E-state index contributed by atoms with van der Waals surface area (Å²) in [6.07, 6.45) is 0.807. The van der Waals surface area contributed by atoms with Crippen molar-refractivity contribution in [3.63, 3.8) is 0 Å². The number of sulfonamides is 1. The molecule has 0 aliphatic rings. The summed E-state index contributed by atoms with van der Waals surface area (Å²) in [7, 11) is -1.92. The number of phenols is 1. The minimum atomic E-state index is -3.57. The molecule has 33 heavy (non-hydrogen) atoms. The van der Waals surface area contributed by atoms with Crippen LogP contribution in [0.2, 0.25) is 0 Å². The number of rotatable bonds is 10. The third-order valence-corrected chi connectivity index (χ3v) is 5.95. The summed E-state index contributed by atoms with van der Waals surface area (Å²) in [6.45, 7) is 2.22. The summed E-state index contributed by atoms with van der Waals surface area (Å²) < 4.78 is 30.7. The van der Waals surface area contributed by atoms with Crippen molar-refractivity contribution in [2.24, 2.45) is 0 Å². The number of benzene rings is 3. The van der Waals surface area contributed by atoms with Gasteiger partial charge in [0, 0.05) is 12.6 Å². The molecule has 0 saturated carbocycles. The van der Waals surface area contributed by atoms with Gasteiger partial charge >= 0.3 is 0 Å². The molecule has 3 rings (SSSR count). The molecule has 0 aliphatic carbocycles.